The van der Waals surface area contributed by atoms with E-state index in [0.29, 0.717) is 6.29 Å². The number of aliphatic hydroxyl groups is 1. The average Bonchev–Trinajstić information content (AvgIpc) is 1.95. The number of carbonyl (C=O) groups excluding carboxylic acids is 1. The van der Waals surface area contributed by atoms with Crippen molar-refractivity contribution < 1.29 is 28.8 Å². The number of carbonyl (C=O) groups is 1. The summed E-state index contributed by atoms with van der Waals surface area (Å²) in [6, 6.07) is 0. The Morgan fingerprint density at radius 3 is 2.50 bits per heavy atom. The van der Waals surface area contributed by atoms with Crippen molar-refractivity contribution in [2.24, 2.45) is 0 Å². The predicted octanol–water partition coefficient (Wildman–Crippen LogP) is -0.788. The van der Waals surface area contributed by atoms with Crippen LogP contribution < -0.4 is 0 Å². The van der Waals surface area contributed by atoms with E-state index in [1.807, 2.05) is 0 Å². The van der Waals surface area contributed by atoms with Gasteiger partial charge in [-0.1, -0.05) is 6.08 Å². The third kappa shape index (κ3) is 7.59. The fourth-order valence-electron chi connectivity index (χ4n) is 0.403. The van der Waals surface area contributed by atoms with Crippen molar-refractivity contribution in [1.29, 1.82) is 0 Å². The summed E-state index contributed by atoms with van der Waals surface area (Å²) in [6.07, 6.45) is 1.31. The highest BCUT2D eigenvalue weighted by atomic mass is 31.2. The van der Waals surface area contributed by atoms with Crippen LogP contribution in [0.2, 0.25) is 0 Å². The summed E-state index contributed by atoms with van der Waals surface area (Å²) >= 11 is 0. The molecule has 0 spiro atoms. The standard InChI is InChI=1S/C5H9O6P/c6-3-1-2-5(7)4-11-12(8,9)10/h1-3,5,7H,4H2,(H2,8,9,10)/b2-1+/t5-/m1/s1. The lowest BCUT2D eigenvalue weighted by molar-refractivity contribution is -0.104. The molecule has 0 aliphatic carbocycles. The lowest BCUT2D eigenvalue weighted by Gasteiger charge is -2.06. The monoisotopic (exact) mass is 196 g/mol. The van der Waals surface area contributed by atoms with E-state index in [4.69, 9.17) is 14.9 Å². The Bertz CT molecular complexity index is 206. The molecule has 0 saturated carbocycles. The van der Waals surface area contributed by atoms with E-state index in [9.17, 15) is 9.36 Å². The molecule has 1 atom stereocenters. The van der Waals surface area contributed by atoms with Gasteiger partial charge >= 0.3 is 7.82 Å². The summed E-state index contributed by atoms with van der Waals surface area (Å²) in [7, 11) is -4.53. The second-order valence-electron chi connectivity index (χ2n) is 1.87. The Balaban J connectivity index is 3.71. The van der Waals surface area contributed by atoms with Gasteiger partial charge in [0.1, 0.15) is 6.29 Å². The number of aldehydes is 1. The number of hydrogen-bond donors (Lipinski definition) is 3. The highest BCUT2D eigenvalue weighted by Crippen LogP contribution is 2.35. The van der Waals surface area contributed by atoms with Gasteiger partial charge in [-0.2, -0.15) is 0 Å². The van der Waals surface area contributed by atoms with Crippen LogP contribution in [0.15, 0.2) is 12.2 Å². The van der Waals surface area contributed by atoms with Crippen LogP contribution in [0.3, 0.4) is 0 Å². The SMILES string of the molecule is O=C/C=C/[C@@H](O)COP(=O)(O)O. The van der Waals surface area contributed by atoms with Crippen molar-refractivity contribution in [3.63, 3.8) is 0 Å². The van der Waals surface area contributed by atoms with Crippen LogP contribution in [-0.2, 0) is 13.9 Å². The fourth-order valence-corrected chi connectivity index (χ4v) is 0.750. The highest BCUT2D eigenvalue weighted by Gasteiger charge is 2.15. The molecule has 0 saturated heterocycles. The molecule has 0 radical (unpaired) electrons. The molecule has 0 heterocycles. The van der Waals surface area contributed by atoms with Crippen LogP contribution in [-0.4, -0.2) is 33.9 Å². The minimum Gasteiger partial charge on any atom is -0.387 e. The van der Waals surface area contributed by atoms with Gasteiger partial charge in [-0.3, -0.25) is 9.32 Å². The van der Waals surface area contributed by atoms with Gasteiger partial charge in [0.05, 0.1) is 12.7 Å². The first-order chi connectivity index (χ1) is 5.45. The first kappa shape index (κ1) is 11.5. The summed E-state index contributed by atoms with van der Waals surface area (Å²) < 4.78 is 14.0. The third-order valence-electron chi connectivity index (χ3n) is 0.825. The number of phosphoric ester groups is 1. The molecule has 0 aliphatic rings. The molecular formula is C5H9O6P. The van der Waals surface area contributed by atoms with Gasteiger partial charge < -0.3 is 14.9 Å². The Hall–Kier alpha value is -0.520. The van der Waals surface area contributed by atoms with Gasteiger partial charge in [0.25, 0.3) is 0 Å². The maximum Gasteiger partial charge on any atom is 0.469 e. The minimum absolute atomic E-state index is 0.431. The van der Waals surface area contributed by atoms with E-state index in [1.165, 1.54) is 0 Å². The van der Waals surface area contributed by atoms with Gasteiger partial charge in [0.15, 0.2) is 0 Å². The molecule has 3 N–H and O–H groups in total. The van der Waals surface area contributed by atoms with Gasteiger partial charge in [-0.15, -0.1) is 0 Å². The number of hydrogen-bond acceptors (Lipinski definition) is 4. The third-order valence-corrected chi connectivity index (χ3v) is 1.31. The zero-order valence-electron chi connectivity index (χ0n) is 6.03. The first-order valence-electron chi connectivity index (χ1n) is 2.96. The largest absolute Gasteiger partial charge is 0.469 e. The molecule has 0 unspecified atom stereocenters. The van der Waals surface area contributed by atoms with Gasteiger partial charge in [0, 0.05) is 0 Å². The molecular weight excluding hydrogens is 187 g/mol. The molecule has 6 nitrogen and oxygen atoms in total. The molecule has 70 valence electrons. The molecule has 0 bridgehead atoms. The lowest BCUT2D eigenvalue weighted by Crippen LogP contribution is -2.10. The quantitative estimate of drug-likeness (QED) is 0.302. The van der Waals surface area contributed by atoms with Crippen molar-refractivity contribution in [3.05, 3.63) is 12.2 Å². The van der Waals surface area contributed by atoms with Crippen molar-refractivity contribution in [1.82, 2.24) is 0 Å². The Morgan fingerprint density at radius 2 is 2.08 bits per heavy atom. The van der Waals surface area contributed by atoms with E-state index >= 15 is 0 Å². The fraction of sp³-hybridized carbons (Fsp3) is 0.400. The molecule has 0 amide bonds. The van der Waals surface area contributed by atoms with Crippen molar-refractivity contribution in [2.45, 2.75) is 6.10 Å². The molecule has 0 aliphatic heterocycles. The van der Waals surface area contributed by atoms with Crippen LogP contribution in [0.5, 0.6) is 0 Å². The lowest BCUT2D eigenvalue weighted by atomic mass is 10.3. The number of rotatable bonds is 5. The summed E-state index contributed by atoms with van der Waals surface area (Å²) in [5, 5.41) is 8.83. The minimum atomic E-state index is -4.53. The molecule has 0 rings (SSSR count). The smallest absolute Gasteiger partial charge is 0.387 e. The molecule has 12 heavy (non-hydrogen) atoms. The normalized spacial score (nSPS) is 14.9. The van der Waals surface area contributed by atoms with E-state index in [2.05, 4.69) is 4.52 Å². The predicted molar refractivity (Wildman–Crippen MR) is 39.2 cm³/mol. The molecule has 7 heteroatoms. The summed E-state index contributed by atoms with van der Waals surface area (Å²) in [6.45, 7) is -0.547. The Labute approximate surface area is 68.7 Å². The van der Waals surface area contributed by atoms with E-state index in [1.54, 1.807) is 0 Å². The van der Waals surface area contributed by atoms with E-state index in [0.717, 1.165) is 12.2 Å². The number of phosphoric acid groups is 1. The van der Waals surface area contributed by atoms with E-state index in [-0.39, 0.29) is 0 Å². The van der Waals surface area contributed by atoms with Gasteiger partial charge in [0.2, 0.25) is 0 Å². The van der Waals surface area contributed by atoms with Crippen molar-refractivity contribution in [2.75, 3.05) is 6.61 Å². The molecule has 0 aromatic carbocycles. The second-order valence-corrected chi connectivity index (χ2v) is 3.11. The van der Waals surface area contributed by atoms with Crippen LogP contribution in [0.1, 0.15) is 0 Å². The summed E-state index contributed by atoms with van der Waals surface area (Å²) in [5.74, 6) is 0. The molecule has 0 aromatic rings. The van der Waals surface area contributed by atoms with Crippen LogP contribution in [0.25, 0.3) is 0 Å². The van der Waals surface area contributed by atoms with Gasteiger partial charge in [-0.05, 0) is 6.08 Å². The van der Waals surface area contributed by atoms with Crippen LogP contribution in [0, 0.1) is 0 Å². The zero-order valence-corrected chi connectivity index (χ0v) is 6.92. The summed E-state index contributed by atoms with van der Waals surface area (Å²) in [4.78, 5) is 26.1. The maximum atomic E-state index is 10.1. The number of aliphatic hydroxyl groups excluding tert-OH is 1. The molecule has 0 fully saturated rings. The number of allylic oxidation sites excluding steroid dienone is 1. The highest BCUT2D eigenvalue weighted by molar-refractivity contribution is 7.46. The first-order valence-corrected chi connectivity index (χ1v) is 4.49. The molecule has 0 aromatic heterocycles. The average molecular weight is 196 g/mol. The second kappa shape index (κ2) is 5.18. The van der Waals surface area contributed by atoms with Crippen molar-refractivity contribution in [3.8, 4) is 0 Å². The van der Waals surface area contributed by atoms with E-state index < -0.39 is 20.5 Å². The van der Waals surface area contributed by atoms with Crippen LogP contribution >= 0.6 is 7.82 Å². The Kier molecular flexibility index (Phi) is 4.96. The van der Waals surface area contributed by atoms with Crippen molar-refractivity contribution >= 4 is 14.1 Å². The zero-order chi connectivity index (χ0) is 9.61. The maximum absolute atomic E-state index is 10.1. The summed E-state index contributed by atoms with van der Waals surface area (Å²) in [5.41, 5.74) is 0. The van der Waals surface area contributed by atoms with Gasteiger partial charge in [-0.25, -0.2) is 4.57 Å². The Morgan fingerprint density at radius 1 is 1.50 bits per heavy atom. The van der Waals surface area contributed by atoms with Crippen LogP contribution in [0.4, 0.5) is 0 Å². The topological polar surface area (TPSA) is 104 Å².